The minimum atomic E-state index is -4.86. The minimum absolute atomic E-state index is 0.0886. The Hall–Kier alpha value is -1.89. The fourth-order valence-corrected chi connectivity index (χ4v) is 2.04. The van der Waals surface area contributed by atoms with Gasteiger partial charge in [0.15, 0.2) is 0 Å². The molecule has 0 radical (unpaired) electrons. The molecule has 0 saturated heterocycles. The second kappa shape index (κ2) is 4.90. The van der Waals surface area contributed by atoms with Crippen molar-refractivity contribution in [3.8, 4) is 11.5 Å². The Labute approximate surface area is 116 Å². The summed E-state index contributed by atoms with van der Waals surface area (Å²) >= 11 is 5.82. The quantitative estimate of drug-likeness (QED) is 0.912. The van der Waals surface area contributed by atoms with E-state index in [4.69, 9.17) is 26.2 Å². The lowest BCUT2D eigenvalue weighted by atomic mass is 10.0. The van der Waals surface area contributed by atoms with Crippen LogP contribution in [0, 0.1) is 0 Å². The third kappa shape index (κ3) is 2.53. The fraction of sp³-hybridized carbons (Fsp3) is 0.250. The molecule has 20 heavy (non-hydrogen) atoms. The van der Waals surface area contributed by atoms with Gasteiger partial charge in [-0.2, -0.15) is 13.2 Å². The van der Waals surface area contributed by atoms with Crippen molar-refractivity contribution in [2.45, 2.75) is 12.3 Å². The summed E-state index contributed by atoms with van der Waals surface area (Å²) in [5.74, 6) is -1.65. The first-order valence-electron chi connectivity index (χ1n) is 5.30. The summed E-state index contributed by atoms with van der Waals surface area (Å²) in [5.41, 5.74) is -0.790. The number of carboxylic acid groups (broad SMARTS) is 1. The first kappa shape index (κ1) is 14.5. The molecule has 0 spiro atoms. The van der Waals surface area contributed by atoms with Crippen LogP contribution in [0.3, 0.4) is 0 Å². The van der Waals surface area contributed by atoms with Crippen LogP contribution >= 0.6 is 11.6 Å². The average Bonchev–Trinajstić information content (AvgIpc) is 2.35. The van der Waals surface area contributed by atoms with Crippen LogP contribution in [0.4, 0.5) is 13.2 Å². The number of methoxy groups -OCH3 is 1. The molecule has 2 rings (SSSR count). The zero-order valence-electron chi connectivity index (χ0n) is 9.99. The van der Waals surface area contributed by atoms with Gasteiger partial charge < -0.3 is 14.6 Å². The molecule has 0 bridgehead atoms. The Kier molecular flexibility index (Phi) is 3.56. The third-order valence-electron chi connectivity index (χ3n) is 2.65. The van der Waals surface area contributed by atoms with E-state index in [9.17, 15) is 18.0 Å². The third-order valence-corrected chi connectivity index (χ3v) is 2.94. The summed E-state index contributed by atoms with van der Waals surface area (Å²) in [6, 6.07) is 2.63. The van der Waals surface area contributed by atoms with E-state index in [0.29, 0.717) is 0 Å². The van der Waals surface area contributed by atoms with E-state index in [2.05, 4.69) is 0 Å². The molecule has 8 heteroatoms. The van der Waals surface area contributed by atoms with Gasteiger partial charge in [-0.25, -0.2) is 4.79 Å². The Bertz CT molecular complexity index is 595. The van der Waals surface area contributed by atoms with Gasteiger partial charge in [0.05, 0.1) is 17.7 Å². The van der Waals surface area contributed by atoms with Gasteiger partial charge in [0.25, 0.3) is 0 Å². The number of rotatable bonds is 2. The molecule has 108 valence electrons. The average molecular weight is 309 g/mol. The number of hydrogen-bond donors (Lipinski definition) is 1. The first-order chi connectivity index (χ1) is 9.24. The van der Waals surface area contributed by atoms with Gasteiger partial charge >= 0.3 is 12.1 Å². The van der Waals surface area contributed by atoms with Crippen LogP contribution in [-0.4, -0.2) is 30.5 Å². The second-order valence-corrected chi connectivity index (χ2v) is 4.38. The van der Waals surface area contributed by atoms with Crippen molar-refractivity contribution in [3.05, 3.63) is 28.3 Å². The molecule has 0 amide bonds. The SMILES string of the molecule is COc1cc(Cl)c2c(c1)C=C(C(=O)O)[C@@H](C(F)(F)F)O2. The summed E-state index contributed by atoms with van der Waals surface area (Å²) < 4.78 is 48.1. The molecule has 0 aromatic heterocycles. The second-order valence-electron chi connectivity index (χ2n) is 3.97. The van der Waals surface area contributed by atoms with Crippen molar-refractivity contribution >= 4 is 23.6 Å². The van der Waals surface area contributed by atoms with E-state index in [-0.39, 0.29) is 22.1 Å². The van der Waals surface area contributed by atoms with Gasteiger partial charge in [-0.05, 0) is 12.1 Å². The van der Waals surface area contributed by atoms with Crippen LogP contribution in [-0.2, 0) is 4.79 Å². The van der Waals surface area contributed by atoms with Crippen LogP contribution in [0.25, 0.3) is 6.08 Å². The van der Waals surface area contributed by atoms with Crippen molar-refractivity contribution in [2.75, 3.05) is 7.11 Å². The topological polar surface area (TPSA) is 55.8 Å². The zero-order chi connectivity index (χ0) is 15.1. The molecule has 1 aromatic carbocycles. The molecule has 1 aromatic rings. The molecule has 1 heterocycles. The highest BCUT2D eigenvalue weighted by molar-refractivity contribution is 6.32. The highest BCUT2D eigenvalue weighted by Gasteiger charge is 2.48. The summed E-state index contributed by atoms with van der Waals surface area (Å²) in [6.07, 6.45) is -6.53. The molecular weight excluding hydrogens is 301 g/mol. The number of carboxylic acids is 1. The number of hydrogen-bond acceptors (Lipinski definition) is 3. The molecule has 0 unspecified atom stereocenters. The van der Waals surface area contributed by atoms with Gasteiger partial charge in [-0.1, -0.05) is 11.6 Å². The molecule has 1 aliphatic heterocycles. The smallest absolute Gasteiger partial charge is 0.430 e. The van der Waals surface area contributed by atoms with E-state index >= 15 is 0 Å². The molecule has 1 aliphatic rings. The molecule has 0 aliphatic carbocycles. The van der Waals surface area contributed by atoms with E-state index < -0.39 is 23.8 Å². The lowest BCUT2D eigenvalue weighted by Gasteiger charge is -2.27. The minimum Gasteiger partial charge on any atom is -0.497 e. The summed E-state index contributed by atoms with van der Waals surface area (Å²) in [7, 11) is 1.35. The van der Waals surface area contributed by atoms with Crippen molar-refractivity contribution in [2.24, 2.45) is 0 Å². The van der Waals surface area contributed by atoms with Crippen LogP contribution in [0.5, 0.6) is 11.5 Å². The van der Waals surface area contributed by atoms with Crippen molar-refractivity contribution in [1.82, 2.24) is 0 Å². The highest BCUT2D eigenvalue weighted by Crippen LogP contribution is 2.42. The van der Waals surface area contributed by atoms with Gasteiger partial charge in [-0.15, -0.1) is 0 Å². The Balaban J connectivity index is 2.60. The Morgan fingerprint density at radius 1 is 1.45 bits per heavy atom. The van der Waals surface area contributed by atoms with Crippen LogP contribution < -0.4 is 9.47 Å². The first-order valence-corrected chi connectivity index (χ1v) is 5.67. The lowest BCUT2D eigenvalue weighted by Crippen LogP contribution is -2.40. The van der Waals surface area contributed by atoms with Gasteiger partial charge in [0.2, 0.25) is 6.10 Å². The number of benzene rings is 1. The molecule has 0 saturated carbocycles. The van der Waals surface area contributed by atoms with Gasteiger partial charge in [0.1, 0.15) is 11.5 Å². The Morgan fingerprint density at radius 2 is 2.10 bits per heavy atom. The van der Waals surface area contributed by atoms with E-state index in [1.807, 2.05) is 0 Å². The van der Waals surface area contributed by atoms with Crippen molar-refractivity contribution < 1.29 is 32.5 Å². The van der Waals surface area contributed by atoms with E-state index in [1.165, 1.54) is 19.2 Å². The maximum absolute atomic E-state index is 12.8. The molecule has 1 N–H and O–H groups in total. The lowest BCUT2D eigenvalue weighted by molar-refractivity contribution is -0.187. The van der Waals surface area contributed by atoms with Crippen LogP contribution in [0.15, 0.2) is 17.7 Å². The predicted molar refractivity (Wildman–Crippen MR) is 64.1 cm³/mol. The van der Waals surface area contributed by atoms with Crippen LogP contribution in [0.2, 0.25) is 5.02 Å². The predicted octanol–water partition coefficient (Wildman–Crippen LogP) is 3.14. The number of fused-ring (bicyclic) bond motifs is 1. The molecular formula is C12H8ClF3O4. The normalized spacial score (nSPS) is 17.9. The Morgan fingerprint density at radius 3 is 2.60 bits per heavy atom. The van der Waals surface area contributed by atoms with Gasteiger partial charge in [0, 0.05) is 11.6 Å². The summed E-state index contributed by atoms with van der Waals surface area (Å²) in [5, 5.41) is 8.79. The van der Waals surface area contributed by atoms with E-state index in [0.717, 1.165) is 6.08 Å². The molecule has 1 atom stereocenters. The largest absolute Gasteiger partial charge is 0.497 e. The standard InChI is InChI=1S/C12H8ClF3O4/c1-19-6-2-5-3-7(11(17)18)10(12(14,15)16)20-9(5)8(13)4-6/h2-4,10H,1H3,(H,17,18)/t10-/m0/s1. The monoisotopic (exact) mass is 308 g/mol. The highest BCUT2D eigenvalue weighted by atomic mass is 35.5. The van der Waals surface area contributed by atoms with Crippen LogP contribution in [0.1, 0.15) is 5.56 Å². The van der Waals surface area contributed by atoms with E-state index in [1.54, 1.807) is 0 Å². The zero-order valence-corrected chi connectivity index (χ0v) is 10.7. The summed E-state index contributed by atoms with van der Waals surface area (Å²) in [6.45, 7) is 0. The number of carbonyl (C=O) groups is 1. The molecule has 4 nitrogen and oxygen atoms in total. The fourth-order valence-electron chi connectivity index (χ4n) is 1.78. The summed E-state index contributed by atoms with van der Waals surface area (Å²) in [4.78, 5) is 10.9. The maximum atomic E-state index is 12.8. The maximum Gasteiger partial charge on any atom is 0.430 e. The van der Waals surface area contributed by atoms with Crippen molar-refractivity contribution in [1.29, 1.82) is 0 Å². The number of halogens is 4. The van der Waals surface area contributed by atoms with Crippen molar-refractivity contribution in [3.63, 3.8) is 0 Å². The van der Waals surface area contributed by atoms with Gasteiger partial charge in [-0.3, -0.25) is 0 Å². The number of alkyl halides is 3. The molecule has 0 fully saturated rings. The number of ether oxygens (including phenoxy) is 2. The number of aliphatic carboxylic acids is 1.